The summed E-state index contributed by atoms with van der Waals surface area (Å²) in [6.45, 7) is 1.82. The van der Waals surface area contributed by atoms with E-state index in [1.165, 1.54) is 0 Å². The zero-order valence-corrected chi connectivity index (χ0v) is 18.8. The molecule has 168 valence electrons. The summed E-state index contributed by atoms with van der Waals surface area (Å²) in [5, 5.41) is 0.404. The Bertz CT molecular complexity index is 1380. The van der Waals surface area contributed by atoms with Crippen molar-refractivity contribution in [1.29, 1.82) is 0 Å². The van der Waals surface area contributed by atoms with Crippen LogP contribution in [0, 0.1) is 18.8 Å². The number of carbonyl (C=O) groups excluding carboxylic acids is 4. The van der Waals surface area contributed by atoms with Gasteiger partial charge < -0.3 is 4.74 Å². The zero-order chi connectivity index (χ0) is 23.8. The van der Waals surface area contributed by atoms with Crippen molar-refractivity contribution in [1.82, 2.24) is 0 Å². The highest BCUT2D eigenvalue weighted by molar-refractivity contribution is 6.37. The minimum atomic E-state index is -2.08. The minimum absolute atomic E-state index is 0.206. The number of amides is 2. The van der Waals surface area contributed by atoms with Crippen LogP contribution >= 0.6 is 11.6 Å². The number of imide groups is 1. The number of halogens is 1. The molecule has 7 heteroatoms. The van der Waals surface area contributed by atoms with E-state index in [4.69, 9.17) is 16.3 Å². The second-order valence-corrected chi connectivity index (χ2v) is 9.24. The fraction of sp³-hybridized carbons (Fsp3) is 0.185. The lowest BCUT2D eigenvalue weighted by atomic mass is 9.77. The highest BCUT2D eigenvalue weighted by Gasteiger charge is 2.74. The average molecular weight is 472 g/mol. The van der Waals surface area contributed by atoms with Gasteiger partial charge in [-0.1, -0.05) is 72.3 Å². The summed E-state index contributed by atoms with van der Waals surface area (Å²) >= 11 is 6.28. The van der Waals surface area contributed by atoms with Crippen molar-refractivity contribution in [2.24, 2.45) is 11.8 Å². The molecule has 34 heavy (non-hydrogen) atoms. The van der Waals surface area contributed by atoms with Crippen LogP contribution < -0.4 is 4.90 Å². The van der Waals surface area contributed by atoms with Gasteiger partial charge in [0.2, 0.25) is 29.0 Å². The van der Waals surface area contributed by atoms with Crippen molar-refractivity contribution in [3.8, 4) is 0 Å². The van der Waals surface area contributed by atoms with Gasteiger partial charge in [-0.25, -0.2) is 4.90 Å². The molecule has 2 heterocycles. The third-order valence-corrected chi connectivity index (χ3v) is 7.47. The molecule has 6 nitrogen and oxygen atoms in total. The lowest BCUT2D eigenvalue weighted by molar-refractivity contribution is -0.127. The molecule has 2 saturated heterocycles. The number of fused-ring (bicyclic) bond motifs is 3. The van der Waals surface area contributed by atoms with Gasteiger partial charge in [-0.3, -0.25) is 19.2 Å². The molecule has 3 aliphatic rings. The third kappa shape index (κ3) is 2.55. The summed E-state index contributed by atoms with van der Waals surface area (Å²) in [5.74, 6) is -4.62. The molecule has 0 saturated carbocycles. The third-order valence-electron chi connectivity index (χ3n) is 7.06. The van der Waals surface area contributed by atoms with Crippen molar-refractivity contribution >= 4 is 40.7 Å². The molecule has 0 N–H and O–H groups in total. The predicted octanol–water partition coefficient (Wildman–Crippen LogP) is 4.34. The van der Waals surface area contributed by atoms with Gasteiger partial charge in [0.1, 0.15) is 0 Å². The molecule has 2 amide bonds. The zero-order valence-electron chi connectivity index (χ0n) is 18.0. The molecule has 3 aromatic rings. The molecule has 6 rings (SSSR count). The minimum Gasteiger partial charge on any atom is -0.349 e. The van der Waals surface area contributed by atoms with E-state index in [1.54, 1.807) is 66.7 Å². The molecular formula is C27H18ClNO5. The number of hydrogen-bond donors (Lipinski definition) is 0. The van der Waals surface area contributed by atoms with Crippen LogP contribution in [0.1, 0.15) is 37.9 Å². The van der Waals surface area contributed by atoms with Crippen molar-refractivity contribution in [2.75, 3.05) is 4.90 Å². The number of hydrogen-bond acceptors (Lipinski definition) is 5. The predicted molar refractivity (Wildman–Crippen MR) is 124 cm³/mol. The molecule has 1 aliphatic carbocycles. The van der Waals surface area contributed by atoms with Gasteiger partial charge in [-0.15, -0.1) is 0 Å². The van der Waals surface area contributed by atoms with Crippen molar-refractivity contribution < 1.29 is 23.9 Å². The SMILES string of the molecule is Cc1ccc(N2C(=O)[C@@H]3[C@H](c4ccccc4)OC4(C(=O)c5ccccc5C4=O)[C@H]3C2=O)cc1Cl. The topological polar surface area (TPSA) is 80.8 Å². The van der Waals surface area contributed by atoms with Crippen LogP contribution in [0.4, 0.5) is 5.69 Å². The first kappa shape index (κ1) is 21.0. The van der Waals surface area contributed by atoms with Gasteiger partial charge in [-0.05, 0) is 30.2 Å². The van der Waals surface area contributed by atoms with Gasteiger partial charge in [0, 0.05) is 16.1 Å². The van der Waals surface area contributed by atoms with E-state index >= 15 is 0 Å². The Balaban J connectivity index is 1.55. The van der Waals surface area contributed by atoms with Gasteiger partial charge >= 0.3 is 0 Å². The van der Waals surface area contributed by atoms with Crippen LogP contribution in [-0.4, -0.2) is 29.0 Å². The number of rotatable bonds is 2. The van der Waals surface area contributed by atoms with E-state index in [1.807, 2.05) is 13.0 Å². The van der Waals surface area contributed by atoms with E-state index in [9.17, 15) is 19.2 Å². The van der Waals surface area contributed by atoms with Gasteiger partial charge in [0.05, 0.1) is 23.6 Å². The number of benzene rings is 3. The normalized spacial score (nSPS) is 24.8. The first-order valence-electron chi connectivity index (χ1n) is 10.9. The average Bonchev–Trinajstić information content (AvgIpc) is 3.42. The number of carbonyl (C=O) groups is 4. The summed E-state index contributed by atoms with van der Waals surface area (Å²) in [7, 11) is 0. The molecular weight excluding hydrogens is 454 g/mol. The van der Waals surface area contributed by atoms with Crippen LogP contribution in [0.5, 0.6) is 0 Å². The molecule has 3 aromatic carbocycles. The lowest BCUT2D eigenvalue weighted by Crippen LogP contribution is -2.51. The highest BCUT2D eigenvalue weighted by atomic mass is 35.5. The molecule has 0 aromatic heterocycles. The second-order valence-electron chi connectivity index (χ2n) is 8.84. The Morgan fingerprint density at radius 1 is 0.824 bits per heavy atom. The van der Waals surface area contributed by atoms with E-state index in [0.717, 1.165) is 10.5 Å². The van der Waals surface area contributed by atoms with Gasteiger partial charge in [-0.2, -0.15) is 0 Å². The van der Waals surface area contributed by atoms with E-state index in [0.29, 0.717) is 16.3 Å². The Hall–Kier alpha value is -3.61. The largest absolute Gasteiger partial charge is 0.349 e. The number of Topliss-reactive ketones (excluding diaryl/α,β-unsaturated/α-hetero) is 2. The number of nitrogens with zero attached hydrogens (tertiary/aromatic N) is 1. The van der Waals surface area contributed by atoms with Gasteiger partial charge in [0.15, 0.2) is 0 Å². The monoisotopic (exact) mass is 471 g/mol. The first-order valence-corrected chi connectivity index (χ1v) is 11.3. The van der Waals surface area contributed by atoms with E-state index in [-0.39, 0.29) is 11.1 Å². The maximum atomic E-state index is 13.9. The molecule has 3 atom stereocenters. The first-order chi connectivity index (χ1) is 16.4. The lowest BCUT2D eigenvalue weighted by Gasteiger charge is -2.27. The van der Waals surface area contributed by atoms with Crippen molar-refractivity contribution in [2.45, 2.75) is 18.6 Å². The molecule has 2 aliphatic heterocycles. The molecule has 0 bridgehead atoms. The number of aryl methyl sites for hydroxylation is 1. The highest BCUT2D eigenvalue weighted by Crippen LogP contribution is 2.57. The number of ketones is 2. The fourth-order valence-corrected chi connectivity index (χ4v) is 5.61. The Kier molecular flexibility index (Phi) is 4.43. The van der Waals surface area contributed by atoms with Crippen LogP contribution in [0.15, 0.2) is 72.8 Å². The molecule has 1 spiro atoms. The summed E-state index contributed by atoms with van der Waals surface area (Å²) in [6.07, 6.45) is -0.934. The smallest absolute Gasteiger partial charge is 0.241 e. The summed E-state index contributed by atoms with van der Waals surface area (Å²) in [5.41, 5.74) is 0.0517. The van der Waals surface area contributed by atoms with Crippen LogP contribution in [-0.2, 0) is 14.3 Å². The number of anilines is 1. The molecule has 2 fully saturated rings. The Morgan fingerprint density at radius 2 is 1.44 bits per heavy atom. The standard InChI is InChI=1S/C27H18ClNO5/c1-14-11-12-16(13-19(14)28)29-25(32)20-21(26(29)33)27(34-22(20)15-7-3-2-4-8-15)23(30)17-9-5-6-10-18(17)24(27)31/h2-13,20-22H,1H3/t20-,21+,22-/m0/s1. The van der Waals surface area contributed by atoms with Crippen molar-refractivity contribution in [3.63, 3.8) is 0 Å². The number of ether oxygens (including phenoxy) is 1. The van der Waals surface area contributed by atoms with Crippen LogP contribution in [0.25, 0.3) is 0 Å². The van der Waals surface area contributed by atoms with Crippen LogP contribution in [0.2, 0.25) is 5.02 Å². The maximum Gasteiger partial charge on any atom is 0.241 e. The molecule has 0 radical (unpaired) electrons. The van der Waals surface area contributed by atoms with E-state index < -0.39 is 46.9 Å². The maximum absolute atomic E-state index is 13.9. The second kappa shape index (κ2) is 7.19. The van der Waals surface area contributed by atoms with Crippen LogP contribution in [0.3, 0.4) is 0 Å². The quantitative estimate of drug-likeness (QED) is 0.410. The van der Waals surface area contributed by atoms with Gasteiger partial charge in [0.25, 0.3) is 0 Å². The Morgan fingerprint density at radius 3 is 2.06 bits per heavy atom. The summed E-state index contributed by atoms with van der Waals surface area (Å²) in [6, 6.07) is 20.2. The summed E-state index contributed by atoms with van der Waals surface area (Å²) < 4.78 is 6.24. The van der Waals surface area contributed by atoms with Crippen molar-refractivity contribution in [3.05, 3.63) is 100 Å². The molecule has 0 unspecified atom stereocenters. The fourth-order valence-electron chi connectivity index (χ4n) is 5.44. The van der Waals surface area contributed by atoms with E-state index in [2.05, 4.69) is 0 Å². The Labute approximate surface area is 200 Å². The summed E-state index contributed by atoms with van der Waals surface area (Å²) in [4.78, 5) is 56.1.